The van der Waals surface area contributed by atoms with Gasteiger partial charge in [-0.3, -0.25) is 6.58 Å². The van der Waals surface area contributed by atoms with Crippen molar-refractivity contribution in [3.8, 4) is 0 Å². The molecular weight excluding hydrogens is 143 g/mol. The Morgan fingerprint density at radius 3 is 2.00 bits per heavy atom. The Kier molecular flexibility index (Phi) is 35.2. The van der Waals surface area contributed by atoms with Gasteiger partial charge in [0.05, 0.1) is 0 Å². The Morgan fingerprint density at radius 1 is 1.57 bits per heavy atom. The van der Waals surface area contributed by atoms with E-state index in [0.29, 0.717) is 5.88 Å². The molecule has 0 aromatic carbocycles. The van der Waals surface area contributed by atoms with Crippen LogP contribution in [0, 0.1) is 6.08 Å². The van der Waals surface area contributed by atoms with Crippen LogP contribution in [0.5, 0.6) is 0 Å². The summed E-state index contributed by atoms with van der Waals surface area (Å²) in [5.74, 6) is 0.642. The first-order chi connectivity index (χ1) is 2.41. The molecule has 0 rings (SSSR count). The van der Waals surface area contributed by atoms with E-state index in [4.69, 9.17) is 11.6 Å². The SMILES string of the molecule is C=[C-]CCCl.[Cl-].[Mg+2]. The van der Waals surface area contributed by atoms with Gasteiger partial charge in [0.2, 0.25) is 0 Å². The molecule has 0 bridgehead atoms. The maximum atomic E-state index is 5.20. The third-order valence-electron chi connectivity index (χ3n) is 0.271. The molecule has 3 heteroatoms. The summed E-state index contributed by atoms with van der Waals surface area (Å²) in [6.45, 7) is 3.34. The predicted molar refractivity (Wildman–Crippen MR) is 30.0 cm³/mol. The van der Waals surface area contributed by atoms with Crippen LogP contribution in [0.3, 0.4) is 0 Å². The molecule has 0 heterocycles. The Hall–Kier alpha value is 1.09. The fraction of sp³-hybridized carbons (Fsp3) is 0.500. The van der Waals surface area contributed by atoms with Crippen molar-refractivity contribution < 1.29 is 12.4 Å². The van der Waals surface area contributed by atoms with Gasteiger partial charge in [-0.05, 0) is 5.88 Å². The maximum Gasteiger partial charge on any atom is 2.00 e. The minimum Gasteiger partial charge on any atom is -1.00 e. The van der Waals surface area contributed by atoms with E-state index in [2.05, 4.69) is 12.7 Å². The normalized spacial score (nSPS) is 5.29. The zero-order chi connectivity index (χ0) is 4.12. The second-order valence-electron chi connectivity index (χ2n) is 0.689. The standard InChI is InChI=1S/C4H6Cl.ClH.Mg/c1-2-3-4-5;;/h1,3-4H2;1H;/q-1;;+2/p-1. The summed E-state index contributed by atoms with van der Waals surface area (Å²) < 4.78 is 0. The second kappa shape index (κ2) is 15.7. The number of hydrogen-bond acceptors (Lipinski definition) is 0. The predicted octanol–water partition coefficient (Wildman–Crippen LogP) is -1.77. The third kappa shape index (κ3) is 19.2. The van der Waals surface area contributed by atoms with Gasteiger partial charge in [0, 0.05) is 0 Å². The van der Waals surface area contributed by atoms with Gasteiger partial charge in [-0.2, -0.15) is 6.42 Å². The quantitative estimate of drug-likeness (QED) is 0.248. The van der Waals surface area contributed by atoms with Gasteiger partial charge < -0.3 is 18.5 Å². The molecule has 0 unspecified atom stereocenters. The van der Waals surface area contributed by atoms with Crippen LogP contribution in [0.1, 0.15) is 6.42 Å². The average molecular weight is 149 g/mol. The van der Waals surface area contributed by atoms with E-state index in [0.717, 1.165) is 6.42 Å². The van der Waals surface area contributed by atoms with Crippen molar-refractivity contribution in [1.82, 2.24) is 0 Å². The van der Waals surface area contributed by atoms with E-state index in [1.165, 1.54) is 0 Å². The molecule has 0 saturated carbocycles. The third-order valence-corrected chi connectivity index (χ3v) is 0.460. The van der Waals surface area contributed by atoms with E-state index in [1.807, 2.05) is 0 Å². The molecule has 0 fully saturated rings. The minimum atomic E-state index is 0. The van der Waals surface area contributed by atoms with Gasteiger partial charge in [-0.1, -0.05) is 0 Å². The molecule has 0 aromatic rings. The average Bonchev–Trinajstić information content (AvgIpc) is 1.41. The van der Waals surface area contributed by atoms with Crippen LogP contribution in [0.15, 0.2) is 6.58 Å². The first-order valence-electron chi connectivity index (χ1n) is 1.47. The fourth-order valence-electron chi connectivity index (χ4n) is 0.0668. The first-order valence-corrected chi connectivity index (χ1v) is 2.01. The number of rotatable bonds is 2. The van der Waals surface area contributed by atoms with Crippen molar-refractivity contribution in [1.29, 1.82) is 0 Å². The summed E-state index contributed by atoms with van der Waals surface area (Å²) in [4.78, 5) is 0. The number of alkyl halides is 1. The molecule has 0 spiro atoms. The summed E-state index contributed by atoms with van der Waals surface area (Å²) in [6, 6.07) is 0. The molecule has 0 aliphatic heterocycles. The molecule has 0 aromatic heterocycles. The van der Waals surface area contributed by atoms with Crippen molar-refractivity contribution in [2.45, 2.75) is 6.42 Å². The van der Waals surface area contributed by atoms with Crippen molar-refractivity contribution in [3.63, 3.8) is 0 Å². The zero-order valence-corrected chi connectivity index (χ0v) is 7.01. The van der Waals surface area contributed by atoms with Gasteiger partial charge in [0.1, 0.15) is 0 Å². The van der Waals surface area contributed by atoms with Crippen molar-refractivity contribution >= 4 is 34.7 Å². The van der Waals surface area contributed by atoms with E-state index < -0.39 is 0 Å². The smallest absolute Gasteiger partial charge is 1.00 e. The van der Waals surface area contributed by atoms with Gasteiger partial charge in [-0.25, -0.2) is 0 Å². The Balaban J connectivity index is -0.0000000800. The number of hydrogen-bond donors (Lipinski definition) is 0. The van der Waals surface area contributed by atoms with Crippen LogP contribution < -0.4 is 12.4 Å². The largest absolute Gasteiger partial charge is 2.00 e. The van der Waals surface area contributed by atoms with Crippen LogP contribution in [0.4, 0.5) is 0 Å². The van der Waals surface area contributed by atoms with Gasteiger partial charge in [0.15, 0.2) is 0 Å². The van der Waals surface area contributed by atoms with Crippen LogP contribution in [-0.4, -0.2) is 28.9 Å². The van der Waals surface area contributed by atoms with Gasteiger partial charge in [0.25, 0.3) is 0 Å². The Labute approximate surface area is 71.9 Å². The van der Waals surface area contributed by atoms with Crippen LogP contribution in [0.2, 0.25) is 0 Å². The Morgan fingerprint density at radius 2 is 2.00 bits per heavy atom. The molecule has 0 aliphatic carbocycles. The van der Waals surface area contributed by atoms with Crippen LogP contribution in [-0.2, 0) is 0 Å². The molecule has 0 N–H and O–H groups in total. The molecule has 0 nitrogen and oxygen atoms in total. The van der Waals surface area contributed by atoms with Crippen molar-refractivity contribution in [3.05, 3.63) is 12.7 Å². The molecule has 7 heavy (non-hydrogen) atoms. The first kappa shape index (κ1) is 15.7. The topological polar surface area (TPSA) is 0 Å². The van der Waals surface area contributed by atoms with E-state index >= 15 is 0 Å². The summed E-state index contributed by atoms with van der Waals surface area (Å²) in [5, 5.41) is 0. The fourth-order valence-corrected chi connectivity index (χ4v) is 0.200. The maximum absolute atomic E-state index is 5.20. The molecule has 38 valence electrons. The van der Waals surface area contributed by atoms with Crippen LogP contribution in [0.25, 0.3) is 0 Å². The number of allylic oxidation sites excluding steroid dienone is 1. The molecule has 0 saturated heterocycles. The monoisotopic (exact) mass is 148 g/mol. The summed E-state index contributed by atoms with van der Waals surface area (Å²) in [7, 11) is 0. The molecule has 0 atom stereocenters. The van der Waals surface area contributed by atoms with Crippen LogP contribution >= 0.6 is 11.6 Å². The molecule has 0 aliphatic rings. The van der Waals surface area contributed by atoms with E-state index in [1.54, 1.807) is 0 Å². The Bertz CT molecular complexity index is 30.9. The van der Waals surface area contributed by atoms with Gasteiger partial charge >= 0.3 is 23.1 Å². The minimum absolute atomic E-state index is 0. The summed E-state index contributed by atoms with van der Waals surface area (Å²) >= 11 is 5.20. The molecule has 0 amide bonds. The molecular formula is C4H6Cl2Mg. The van der Waals surface area contributed by atoms with E-state index in [9.17, 15) is 0 Å². The molecule has 0 radical (unpaired) electrons. The zero-order valence-electron chi connectivity index (χ0n) is 4.08. The van der Waals surface area contributed by atoms with Crippen molar-refractivity contribution in [2.75, 3.05) is 5.88 Å². The second-order valence-corrected chi connectivity index (χ2v) is 1.07. The van der Waals surface area contributed by atoms with E-state index in [-0.39, 0.29) is 35.5 Å². The summed E-state index contributed by atoms with van der Waals surface area (Å²) in [5.41, 5.74) is 0. The van der Waals surface area contributed by atoms with Crippen molar-refractivity contribution in [2.24, 2.45) is 0 Å². The number of halogens is 2. The summed E-state index contributed by atoms with van der Waals surface area (Å²) in [6.07, 6.45) is 3.43. The van der Waals surface area contributed by atoms with Gasteiger partial charge in [-0.15, -0.1) is 11.6 Å².